The van der Waals surface area contributed by atoms with Gasteiger partial charge in [-0.1, -0.05) is 23.7 Å². The van der Waals surface area contributed by atoms with E-state index in [2.05, 4.69) is 15.3 Å². The summed E-state index contributed by atoms with van der Waals surface area (Å²) < 4.78 is 47.1. The average Bonchev–Trinajstić information content (AvgIpc) is 3.07. The molecule has 2 heterocycles. The number of carbonyl (C=O) groups excluding carboxylic acids is 1. The van der Waals surface area contributed by atoms with Crippen molar-refractivity contribution in [2.24, 2.45) is 0 Å². The molecule has 0 saturated heterocycles. The smallest absolute Gasteiger partial charge is 0.384 e. The number of hydrogen-bond acceptors (Lipinski definition) is 5. The molecule has 3 N–H and O–H groups in total. The number of amides is 1. The summed E-state index contributed by atoms with van der Waals surface area (Å²) in [5.74, 6) is -0.588. The molecule has 0 aliphatic heterocycles. The topological polar surface area (TPSA) is 95.1 Å². The van der Waals surface area contributed by atoms with Crippen molar-refractivity contribution in [3.63, 3.8) is 0 Å². The van der Waals surface area contributed by atoms with Gasteiger partial charge in [0.25, 0.3) is 5.91 Å². The van der Waals surface area contributed by atoms with Crippen LogP contribution in [0.1, 0.15) is 29.3 Å². The van der Waals surface area contributed by atoms with E-state index in [0.29, 0.717) is 37.2 Å². The molecule has 0 radical (unpaired) electrons. The Morgan fingerprint density at radius 2 is 1.88 bits per heavy atom. The number of nitrogens with one attached hydrogen (secondary N) is 1. The summed E-state index contributed by atoms with van der Waals surface area (Å²) in [5.41, 5.74) is 6.77. The maximum atomic E-state index is 13.5. The van der Waals surface area contributed by atoms with Gasteiger partial charge in [0.1, 0.15) is 16.9 Å². The van der Waals surface area contributed by atoms with Crippen LogP contribution in [0.2, 0.25) is 5.02 Å². The van der Waals surface area contributed by atoms with E-state index < -0.39 is 22.7 Å². The number of anilines is 1. The molecule has 11 heteroatoms. The van der Waals surface area contributed by atoms with Gasteiger partial charge in [0.05, 0.1) is 21.6 Å². The van der Waals surface area contributed by atoms with E-state index in [1.54, 1.807) is 24.3 Å². The predicted octanol–water partition coefficient (Wildman–Crippen LogP) is 4.98. The zero-order chi connectivity index (χ0) is 24.5. The summed E-state index contributed by atoms with van der Waals surface area (Å²) in [7, 11) is 0. The normalized spacial score (nSPS) is 11.9. The van der Waals surface area contributed by atoms with E-state index >= 15 is 0 Å². The highest BCUT2D eigenvalue weighted by Crippen LogP contribution is 2.38. The molecule has 178 valence electrons. The molecule has 4 aromatic rings. The standard InChI is InChI=1S/C23H21ClF3N5O2/c1-2-34-11-5-10-29-22(33)18-19-21(31-17-7-4-3-6-16(17)30-19)32(20(18)28)13-8-9-15(24)14(12-13)23(25,26)27/h3-4,6-9,12H,2,5,10-11,28H2,1H3,(H,29,33). The minimum absolute atomic E-state index is 0.0353. The number of rotatable bonds is 7. The Morgan fingerprint density at radius 3 is 2.56 bits per heavy atom. The van der Waals surface area contributed by atoms with Crippen LogP contribution < -0.4 is 11.1 Å². The number of benzene rings is 2. The van der Waals surface area contributed by atoms with Crippen LogP contribution in [0.15, 0.2) is 42.5 Å². The number of carbonyl (C=O) groups is 1. The van der Waals surface area contributed by atoms with Crippen LogP contribution in [0.25, 0.3) is 27.9 Å². The lowest BCUT2D eigenvalue weighted by molar-refractivity contribution is -0.137. The van der Waals surface area contributed by atoms with Gasteiger partial charge in [-0.15, -0.1) is 0 Å². The second-order valence-electron chi connectivity index (χ2n) is 7.45. The Balaban J connectivity index is 1.88. The van der Waals surface area contributed by atoms with Crippen molar-refractivity contribution in [3.05, 3.63) is 58.6 Å². The van der Waals surface area contributed by atoms with E-state index in [4.69, 9.17) is 22.1 Å². The van der Waals surface area contributed by atoms with Gasteiger partial charge in [0, 0.05) is 25.4 Å². The summed E-state index contributed by atoms with van der Waals surface area (Å²) in [6, 6.07) is 10.4. The number of nitrogen functional groups attached to an aromatic ring is 1. The minimum Gasteiger partial charge on any atom is -0.384 e. The number of fused-ring (bicyclic) bond motifs is 2. The molecule has 0 spiro atoms. The quantitative estimate of drug-likeness (QED) is 0.355. The molecule has 0 atom stereocenters. The molecular formula is C23H21ClF3N5O2. The van der Waals surface area contributed by atoms with E-state index in [1.165, 1.54) is 10.6 Å². The lowest BCUT2D eigenvalue weighted by atomic mass is 10.2. The summed E-state index contributed by atoms with van der Waals surface area (Å²) in [5, 5.41) is 2.32. The predicted molar refractivity (Wildman–Crippen MR) is 124 cm³/mol. The zero-order valence-electron chi connectivity index (χ0n) is 18.1. The Hall–Kier alpha value is -3.37. The van der Waals surface area contributed by atoms with Crippen LogP contribution in [0.4, 0.5) is 19.0 Å². The van der Waals surface area contributed by atoms with Gasteiger partial charge >= 0.3 is 6.18 Å². The summed E-state index contributed by atoms with van der Waals surface area (Å²) in [6.07, 6.45) is -4.09. The number of hydrogen-bond donors (Lipinski definition) is 2. The molecule has 0 saturated carbocycles. The highest BCUT2D eigenvalue weighted by atomic mass is 35.5. The van der Waals surface area contributed by atoms with E-state index in [-0.39, 0.29) is 28.2 Å². The summed E-state index contributed by atoms with van der Waals surface area (Å²) in [6.45, 7) is 3.24. The Morgan fingerprint density at radius 1 is 1.18 bits per heavy atom. The molecule has 2 aromatic heterocycles. The number of aromatic nitrogens is 3. The van der Waals surface area contributed by atoms with Gasteiger partial charge in [-0.25, -0.2) is 9.97 Å². The van der Waals surface area contributed by atoms with Crippen LogP contribution in [-0.2, 0) is 10.9 Å². The molecule has 0 unspecified atom stereocenters. The molecule has 0 fully saturated rings. The van der Waals surface area contributed by atoms with Crippen molar-refractivity contribution >= 4 is 45.5 Å². The highest BCUT2D eigenvalue weighted by molar-refractivity contribution is 6.31. The fraction of sp³-hybridized carbons (Fsp3) is 0.261. The van der Waals surface area contributed by atoms with Crippen LogP contribution in [0, 0.1) is 0 Å². The van der Waals surface area contributed by atoms with Crippen LogP contribution >= 0.6 is 11.6 Å². The molecule has 34 heavy (non-hydrogen) atoms. The number of para-hydroxylation sites is 2. The summed E-state index contributed by atoms with van der Waals surface area (Å²) >= 11 is 5.79. The van der Waals surface area contributed by atoms with Crippen LogP contribution in [0.5, 0.6) is 0 Å². The van der Waals surface area contributed by atoms with Gasteiger partial charge in [-0.2, -0.15) is 13.2 Å². The van der Waals surface area contributed by atoms with Crippen LogP contribution in [-0.4, -0.2) is 40.2 Å². The molecule has 2 aromatic carbocycles. The third-order valence-electron chi connectivity index (χ3n) is 5.19. The first-order chi connectivity index (χ1) is 16.2. The van der Waals surface area contributed by atoms with Gasteiger partial charge in [0.2, 0.25) is 0 Å². The molecule has 0 aliphatic rings. The van der Waals surface area contributed by atoms with Crippen molar-refractivity contribution in [1.82, 2.24) is 19.9 Å². The van der Waals surface area contributed by atoms with Crippen molar-refractivity contribution in [1.29, 1.82) is 0 Å². The number of alkyl halides is 3. The van der Waals surface area contributed by atoms with Crippen molar-refractivity contribution in [2.45, 2.75) is 19.5 Å². The van der Waals surface area contributed by atoms with E-state index in [1.807, 2.05) is 6.92 Å². The molecule has 0 bridgehead atoms. The number of nitrogens with two attached hydrogens (primary N) is 1. The second kappa shape index (κ2) is 9.47. The summed E-state index contributed by atoms with van der Waals surface area (Å²) in [4.78, 5) is 22.2. The number of nitrogens with zero attached hydrogens (tertiary/aromatic N) is 3. The highest BCUT2D eigenvalue weighted by Gasteiger charge is 2.34. The third kappa shape index (κ3) is 4.51. The fourth-order valence-corrected chi connectivity index (χ4v) is 3.85. The van der Waals surface area contributed by atoms with Gasteiger partial charge < -0.3 is 15.8 Å². The van der Waals surface area contributed by atoms with Crippen molar-refractivity contribution in [2.75, 3.05) is 25.5 Å². The Labute approximate surface area is 197 Å². The molecule has 1 amide bonds. The maximum Gasteiger partial charge on any atom is 0.417 e. The first-order valence-corrected chi connectivity index (χ1v) is 10.9. The third-order valence-corrected chi connectivity index (χ3v) is 5.52. The monoisotopic (exact) mass is 491 g/mol. The van der Waals surface area contributed by atoms with Crippen LogP contribution in [0.3, 0.4) is 0 Å². The second-order valence-corrected chi connectivity index (χ2v) is 7.86. The van der Waals surface area contributed by atoms with Gasteiger partial charge in [-0.3, -0.25) is 9.36 Å². The average molecular weight is 492 g/mol. The van der Waals surface area contributed by atoms with Crippen molar-refractivity contribution < 1.29 is 22.7 Å². The Bertz CT molecular complexity index is 1370. The maximum absolute atomic E-state index is 13.5. The van der Waals surface area contributed by atoms with E-state index in [9.17, 15) is 18.0 Å². The van der Waals surface area contributed by atoms with Gasteiger partial charge in [-0.05, 0) is 43.7 Å². The molecule has 0 aliphatic carbocycles. The fourth-order valence-electron chi connectivity index (χ4n) is 3.63. The lowest BCUT2D eigenvalue weighted by Gasteiger charge is -2.13. The largest absolute Gasteiger partial charge is 0.417 e. The molecule has 4 rings (SSSR count). The zero-order valence-corrected chi connectivity index (χ0v) is 18.9. The van der Waals surface area contributed by atoms with E-state index in [0.717, 1.165) is 12.1 Å². The van der Waals surface area contributed by atoms with Gasteiger partial charge in [0.15, 0.2) is 5.65 Å². The first-order valence-electron chi connectivity index (χ1n) is 10.5. The number of halogens is 4. The molecular weight excluding hydrogens is 471 g/mol. The number of ether oxygens (including phenoxy) is 1. The Kier molecular flexibility index (Phi) is 6.63. The SMILES string of the molecule is CCOCCCNC(=O)c1c(N)n(-c2ccc(Cl)c(C(F)(F)F)c2)c2nc3ccccc3nc12. The lowest BCUT2D eigenvalue weighted by Crippen LogP contribution is -2.26. The minimum atomic E-state index is -4.68. The molecule has 7 nitrogen and oxygen atoms in total. The first kappa shape index (κ1) is 23.8. The van der Waals surface area contributed by atoms with Crippen molar-refractivity contribution in [3.8, 4) is 5.69 Å².